The minimum atomic E-state index is 0.439. The molecule has 1 heterocycles. The monoisotopic (exact) mass is 226 g/mol. The first-order chi connectivity index (χ1) is 6.81. The third-order valence-electron chi connectivity index (χ3n) is 1.97. The molecule has 0 fully saturated rings. The van der Waals surface area contributed by atoms with Crippen molar-refractivity contribution in [3.8, 4) is 5.69 Å². The zero-order valence-corrected chi connectivity index (χ0v) is 8.83. The Balaban J connectivity index is 2.53. The van der Waals surface area contributed by atoms with Crippen LogP contribution in [0, 0.1) is 0 Å². The number of aromatic nitrogens is 2. The van der Waals surface area contributed by atoms with Gasteiger partial charge >= 0.3 is 0 Å². The van der Waals surface area contributed by atoms with E-state index in [-0.39, 0.29) is 0 Å². The average molecular weight is 227 g/mol. The first kappa shape index (κ1) is 9.56. The molecule has 0 N–H and O–H groups in total. The van der Waals surface area contributed by atoms with Crippen molar-refractivity contribution in [3.05, 3.63) is 47.5 Å². The van der Waals surface area contributed by atoms with Crippen LogP contribution in [0.3, 0.4) is 0 Å². The van der Waals surface area contributed by atoms with E-state index in [1.54, 1.807) is 12.5 Å². The Hall–Kier alpha value is -0.990. The van der Waals surface area contributed by atoms with E-state index in [1.807, 2.05) is 29.0 Å². The Morgan fingerprint density at radius 1 is 1.36 bits per heavy atom. The van der Waals surface area contributed by atoms with Crippen molar-refractivity contribution < 1.29 is 0 Å². The summed E-state index contributed by atoms with van der Waals surface area (Å²) in [6, 6.07) is 5.64. The fourth-order valence-electron chi connectivity index (χ4n) is 1.31. The van der Waals surface area contributed by atoms with Crippen LogP contribution in [0.1, 0.15) is 5.56 Å². The second kappa shape index (κ2) is 4.03. The van der Waals surface area contributed by atoms with E-state index in [2.05, 4.69) is 4.98 Å². The summed E-state index contributed by atoms with van der Waals surface area (Å²) in [5, 5.41) is 0.699. The quantitative estimate of drug-likeness (QED) is 0.720. The van der Waals surface area contributed by atoms with Crippen LogP contribution >= 0.6 is 23.2 Å². The zero-order valence-electron chi connectivity index (χ0n) is 7.32. The number of hydrogen-bond acceptors (Lipinski definition) is 1. The van der Waals surface area contributed by atoms with Crippen molar-refractivity contribution in [1.29, 1.82) is 0 Å². The average Bonchev–Trinajstić information content (AvgIpc) is 2.70. The van der Waals surface area contributed by atoms with E-state index < -0.39 is 0 Å². The van der Waals surface area contributed by atoms with E-state index in [0.717, 1.165) is 11.3 Å². The molecule has 0 unspecified atom stereocenters. The largest absolute Gasteiger partial charge is 0.306 e. The molecule has 72 valence electrons. The summed E-state index contributed by atoms with van der Waals surface area (Å²) in [5.74, 6) is 0.439. The lowest BCUT2D eigenvalue weighted by molar-refractivity contribution is 1.04. The molecule has 1 aromatic heterocycles. The molecule has 0 saturated heterocycles. The lowest BCUT2D eigenvalue weighted by Gasteiger charge is -2.07. The third kappa shape index (κ3) is 1.76. The second-order valence-corrected chi connectivity index (χ2v) is 3.58. The SMILES string of the molecule is ClCc1cc(Cl)ccc1-n1ccnc1. The molecule has 0 amide bonds. The maximum Gasteiger partial charge on any atom is 0.0991 e. The van der Waals surface area contributed by atoms with Gasteiger partial charge < -0.3 is 4.57 Å². The fraction of sp³-hybridized carbons (Fsp3) is 0.100. The van der Waals surface area contributed by atoms with Crippen LogP contribution in [-0.2, 0) is 5.88 Å². The highest BCUT2D eigenvalue weighted by Gasteiger charge is 2.03. The van der Waals surface area contributed by atoms with E-state index in [4.69, 9.17) is 23.2 Å². The molecule has 0 aliphatic carbocycles. The van der Waals surface area contributed by atoms with Crippen LogP contribution < -0.4 is 0 Å². The Bertz CT molecular complexity index is 424. The first-order valence-corrected chi connectivity index (χ1v) is 5.05. The predicted octanol–water partition coefficient (Wildman–Crippen LogP) is 3.26. The van der Waals surface area contributed by atoms with Gasteiger partial charge in [-0.15, -0.1) is 11.6 Å². The molecule has 14 heavy (non-hydrogen) atoms. The van der Waals surface area contributed by atoms with Gasteiger partial charge in [0.1, 0.15) is 0 Å². The maximum atomic E-state index is 5.87. The number of alkyl halides is 1. The van der Waals surface area contributed by atoms with Crippen LogP contribution in [0.4, 0.5) is 0 Å². The highest BCUT2D eigenvalue weighted by molar-refractivity contribution is 6.30. The Kier molecular flexibility index (Phi) is 2.75. The smallest absolute Gasteiger partial charge is 0.0991 e. The van der Waals surface area contributed by atoms with Gasteiger partial charge in [0, 0.05) is 23.3 Å². The lowest BCUT2D eigenvalue weighted by Crippen LogP contribution is -1.95. The van der Waals surface area contributed by atoms with Crippen molar-refractivity contribution in [1.82, 2.24) is 9.55 Å². The van der Waals surface area contributed by atoms with Gasteiger partial charge in [-0.25, -0.2) is 4.98 Å². The van der Waals surface area contributed by atoms with Crippen molar-refractivity contribution >= 4 is 23.2 Å². The molecule has 2 rings (SSSR count). The van der Waals surface area contributed by atoms with E-state index in [1.165, 1.54) is 0 Å². The van der Waals surface area contributed by atoms with Crippen LogP contribution in [0.5, 0.6) is 0 Å². The van der Waals surface area contributed by atoms with E-state index >= 15 is 0 Å². The van der Waals surface area contributed by atoms with Gasteiger partial charge in [0.2, 0.25) is 0 Å². The van der Waals surface area contributed by atoms with Gasteiger partial charge in [-0.2, -0.15) is 0 Å². The summed E-state index contributed by atoms with van der Waals surface area (Å²) < 4.78 is 1.91. The van der Waals surface area contributed by atoms with Crippen molar-refractivity contribution in [3.63, 3.8) is 0 Å². The number of rotatable bonds is 2. The minimum absolute atomic E-state index is 0.439. The van der Waals surface area contributed by atoms with Crippen molar-refractivity contribution in [2.75, 3.05) is 0 Å². The number of benzene rings is 1. The van der Waals surface area contributed by atoms with Gasteiger partial charge in [-0.1, -0.05) is 11.6 Å². The molecule has 0 spiro atoms. The third-order valence-corrected chi connectivity index (χ3v) is 2.49. The summed E-state index contributed by atoms with van der Waals surface area (Å²) in [7, 11) is 0. The highest BCUT2D eigenvalue weighted by atomic mass is 35.5. The standard InChI is InChI=1S/C10H8Cl2N2/c11-6-8-5-9(12)1-2-10(8)14-4-3-13-7-14/h1-5,7H,6H2. The maximum absolute atomic E-state index is 5.87. The minimum Gasteiger partial charge on any atom is -0.306 e. The number of imidazole rings is 1. The fourth-order valence-corrected chi connectivity index (χ4v) is 1.72. The van der Waals surface area contributed by atoms with Crippen LogP contribution in [-0.4, -0.2) is 9.55 Å². The molecule has 0 aliphatic rings. The zero-order chi connectivity index (χ0) is 9.97. The summed E-state index contributed by atoms with van der Waals surface area (Å²) in [6.45, 7) is 0. The molecule has 0 atom stereocenters. The van der Waals surface area contributed by atoms with Gasteiger partial charge in [0.05, 0.1) is 12.0 Å². The number of halogens is 2. The topological polar surface area (TPSA) is 17.8 Å². The van der Waals surface area contributed by atoms with Crippen molar-refractivity contribution in [2.24, 2.45) is 0 Å². The molecule has 0 aliphatic heterocycles. The van der Waals surface area contributed by atoms with E-state index in [9.17, 15) is 0 Å². The molecular weight excluding hydrogens is 219 g/mol. The molecule has 0 saturated carbocycles. The van der Waals surface area contributed by atoms with Gasteiger partial charge in [0.25, 0.3) is 0 Å². The summed E-state index contributed by atoms with van der Waals surface area (Å²) >= 11 is 11.7. The molecule has 2 aromatic rings. The Labute approximate surface area is 92.1 Å². The first-order valence-electron chi connectivity index (χ1n) is 4.14. The molecule has 4 heteroatoms. The second-order valence-electron chi connectivity index (χ2n) is 2.88. The van der Waals surface area contributed by atoms with Gasteiger partial charge in [0.15, 0.2) is 0 Å². The summed E-state index contributed by atoms with van der Waals surface area (Å²) in [6.07, 6.45) is 5.34. The number of nitrogens with zero attached hydrogens (tertiary/aromatic N) is 2. The van der Waals surface area contributed by atoms with Crippen LogP contribution in [0.25, 0.3) is 5.69 Å². The van der Waals surface area contributed by atoms with Gasteiger partial charge in [-0.3, -0.25) is 0 Å². The molecular formula is C10H8Cl2N2. The molecule has 0 radical (unpaired) electrons. The Morgan fingerprint density at radius 2 is 2.21 bits per heavy atom. The molecule has 1 aromatic carbocycles. The predicted molar refractivity (Wildman–Crippen MR) is 58.1 cm³/mol. The lowest BCUT2D eigenvalue weighted by atomic mass is 10.2. The van der Waals surface area contributed by atoms with Crippen molar-refractivity contribution in [2.45, 2.75) is 5.88 Å². The summed E-state index contributed by atoms with van der Waals surface area (Å²) in [5.41, 5.74) is 2.01. The van der Waals surface area contributed by atoms with Crippen LogP contribution in [0.2, 0.25) is 5.02 Å². The van der Waals surface area contributed by atoms with Gasteiger partial charge in [-0.05, 0) is 23.8 Å². The molecule has 0 bridgehead atoms. The van der Waals surface area contributed by atoms with Crippen LogP contribution in [0.15, 0.2) is 36.9 Å². The molecule has 2 nitrogen and oxygen atoms in total. The van der Waals surface area contributed by atoms with E-state index in [0.29, 0.717) is 10.9 Å². The highest BCUT2D eigenvalue weighted by Crippen LogP contribution is 2.20. The summed E-state index contributed by atoms with van der Waals surface area (Å²) in [4.78, 5) is 3.98. The number of hydrogen-bond donors (Lipinski definition) is 0. The normalized spacial score (nSPS) is 10.4. The Morgan fingerprint density at radius 3 is 2.86 bits per heavy atom.